The van der Waals surface area contributed by atoms with Crippen molar-refractivity contribution in [3.05, 3.63) is 11.6 Å². The number of esters is 2. The van der Waals surface area contributed by atoms with Crippen LogP contribution < -0.4 is 11.1 Å². The Morgan fingerprint density at radius 1 is 1.25 bits per heavy atom. The minimum atomic E-state index is -0.779. The van der Waals surface area contributed by atoms with Gasteiger partial charge in [-0.15, -0.1) is 0 Å². The van der Waals surface area contributed by atoms with E-state index in [0.29, 0.717) is 29.7 Å². The van der Waals surface area contributed by atoms with Gasteiger partial charge >= 0.3 is 11.9 Å². The molecule has 4 rings (SSSR count). The zero-order valence-corrected chi connectivity index (χ0v) is 20.1. The van der Waals surface area contributed by atoms with Crippen molar-refractivity contribution in [2.45, 2.75) is 109 Å². The van der Waals surface area contributed by atoms with Gasteiger partial charge in [0, 0.05) is 24.8 Å². The molecule has 0 bridgehead atoms. The molecule has 1 aliphatic carbocycles. The molecule has 0 aromatic heterocycles. The first-order valence-corrected chi connectivity index (χ1v) is 12.4. The fourth-order valence-electron chi connectivity index (χ4n) is 6.49. The van der Waals surface area contributed by atoms with Crippen LogP contribution in [0.5, 0.6) is 0 Å². The maximum atomic E-state index is 12.8. The van der Waals surface area contributed by atoms with Crippen LogP contribution in [0.25, 0.3) is 0 Å². The second-order valence-corrected chi connectivity index (χ2v) is 11.1. The zero-order valence-electron chi connectivity index (χ0n) is 20.1. The molecule has 180 valence electrons. The van der Waals surface area contributed by atoms with E-state index in [1.807, 2.05) is 20.8 Å². The Bertz CT molecular complexity index is 765. The molecule has 0 spiro atoms. The number of hydrogen-bond acceptors (Lipinski definition) is 6. The van der Waals surface area contributed by atoms with Crippen LogP contribution in [0.15, 0.2) is 11.6 Å². The molecule has 0 aromatic carbocycles. The SMILES string of the molecule is CC=C(C)C(=O)OC(C)(C)[C@@]1(CC2CC[NH2+]C(N)C2)CC2CC3CCC(=O)OC3CC2O1. The summed E-state index contributed by atoms with van der Waals surface area (Å²) in [6.07, 6.45) is 8.84. The van der Waals surface area contributed by atoms with Crippen molar-refractivity contribution in [3.63, 3.8) is 0 Å². The molecule has 0 radical (unpaired) electrons. The van der Waals surface area contributed by atoms with Crippen molar-refractivity contribution in [3.8, 4) is 0 Å². The quantitative estimate of drug-likeness (QED) is 0.492. The lowest BCUT2D eigenvalue weighted by molar-refractivity contribution is -0.699. The lowest BCUT2D eigenvalue weighted by Crippen LogP contribution is -2.94. The topological polar surface area (TPSA) is 104 Å². The first-order valence-electron chi connectivity index (χ1n) is 12.4. The number of piperidine rings is 1. The minimum absolute atomic E-state index is 0.0340. The van der Waals surface area contributed by atoms with E-state index >= 15 is 0 Å². The van der Waals surface area contributed by atoms with Crippen molar-refractivity contribution < 1.29 is 29.1 Å². The van der Waals surface area contributed by atoms with Crippen LogP contribution in [0.1, 0.15) is 79.1 Å². The van der Waals surface area contributed by atoms with Crippen molar-refractivity contribution in [2.75, 3.05) is 6.54 Å². The molecule has 1 saturated carbocycles. The first-order chi connectivity index (χ1) is 15.1. The highest BCUT2D eigenvalue weighted by Gasteiger charge is 2.60. The number of carbonyl (C=O) groups is 2. The number of rotatable bonds is 5. The number of nitrogens with two attached hydrogens (primary N) is 2. The smallest absolute Gasteiger partial charge is 0.334 e. The van der Waals surface area contributed by atoms with Crippen LogP contribution in [0.3, 0.4) is 0 Å². The highest BCUT2D eigenvalue weighted by atomic mass is 16.6. The third-order valence-electron chi connectivity index (χ3n) is 8.56. The molecule has 6 unspecified atom stereocenters. The van der Waals surface area contributed by atoms with E-state index in [2.05, 4.69) is 5.32 Å². The number of fused-ring (bicyclic) bond motifs is 2. The summed E-state index contributed by atoms with van der Waals surface area (Å²) in [5.74, 6) is 0.889. The molecule has 3 aliphatic heterocycles. The third-order valence-corrected chi connectivity index (χ3v) is 8.56. The standard InChI is InChI=1S/C25H40N2O5/c1-5-15(2)23(29)32-24(3,4)25(13-16-8-9-27-21(26)10-16)14-18-11-17-6-7-22(28)30-19(17)12-20(18)31-25/h5,16-21,27H,6-14,26H2,1-4H3/p+1/t16?,17?,18?,19?,20?,21?,25-/m1/s1. The lowest BCUT2D eigenvalue weighted by atomic mass is 9.69. The summed E-state index contributed by atoms with van der Waals surface area (Å²) in [7, 11) is 0. The van der Waals surface area contributed by atoms with E-state index in [1.54, 1.807) is 13.0 Å². The average Bonchev–Trinajstić information content (AvgIpc) is 3.09. The van der Waals surface area contributed by atoms with Gasteiger partial charge in [-0.3, -0.25) is 10.5 Å². The molecule has 4 N–H and O–H groups in total. The monoisotopic (exact) mass is 449 g/mol. The molecule has 7 nitrogen and oxygen atoms in total. The molecule has 7 atom stereocenters. The van der Waals surface area contributed by atoms with E-state index in [-0.39, 0.29) is 30.3 Å². The number of allylic oxidation sites excluding steroid dienone is 1. The van der Waals surface area contributed by atoms with Crippen LogP contribution >= 0.6 is 0 Å². The minimum Gasteiger partial charge on any atom is -0.462 e. The highest BCUT2D eigenvalue weighted by molar-refractivity contribution is 5.88. The molecule has 3 saturated heterocycles. The molecule has 0 amide bonds. The predicted molar refractivity (Wildman–Crippen MR) is 119 cm³/mol. The van der Waals surface area contributed by atoms with Crippen LogP contribution in [-0.4, -0.2) is 48.1 Å². The van der Waals surface area contributed by atoms with E-state index < -0.39 is 11.2 Å². The summed E-state index contributed by atoms with van der Waals surface area (Å²) >= 11 is 0. The Morgan fingerprint density at radius 3 is 2.75 bits per heavy atom. The van der Waals surface area contributed by atoms with Crippen LogP contribution in [0.4, 0.5) is 0 Å². The highest BCUT2D eigenvalue weighted by Crippen LogP contribution is 2.54. The molecule has 4 fully saturated rings. The maximum absolute atomic E-state index is 12.8. The average molecular weight is 450 g/mol. The second kappa shape index (κ2) is 9.07. The van der Waals surface area contributed by atoms with Crippen LogP contribution in [0.2, 0.25) is 0 Å². The number of hydrogen-bond donors (Lipinski definition) is 2. The van der Waals surface area contributed by atoms with Crippen LogP contribution in [0, 0.1) is 17.8 Å². The Hall–Kier alpha value is -1.44. The molecule has 7 heteroatoms. The summed E-state index contributed by atoms with van der Waals surface area (Å²) in [5, 5.41) is 2.21. The molecule has 3 heterocycles. The van der Waals surface area contributed by atoms with Crippen molar-refractivity contribution in [2.24, 2.45) is 23.5 Å². The fourth-order valence-corrected chi connectivity index (χ4v) is 6.49. The van der Waals surface area contributed by atoms with Gasteiger partial charge in [-0.2, -0.15) is 0 Å². The molecule has 32 heavy (non-hydrogen) atoms. The van der Waals surface area contributed by atoms with E-state index in [4.69, 9.17) is 19.9 Å². The fraction of sp³-hybridized carbons (Fsp3) is 0.840. The van der Waals surface area contributed by atoms with Gasteiger partial charge in [-0.1, -0.05) is 6.08 Å². The first kappa shape index (κ1) is 23.7. The van der Waals surface area contributed by atoms with E-state index in [0.717, 1.165) is 51.5 Å². The molecule has 4 aliphatic rings. The predicted octanol–water partition coefficient (Wildman–Crippen LogP) is 2.18. The molecule has 0 aromatic rings. The Labute approximate surface area is 191 Å². The summed E-state index contributed by atoms with van der Waals surface area (Å²) in [4.78, 5) is 24.6. The lowest BCUT2D eigenvalue weighted by Gasteiger charge is -2.45. The second-order valence-electron chi connectivity index (χ2n) is 11.1. The van der Waals surface area contributed by atoms with Gasteiger partial charge in [0.2, 0.25) is 0 Å². The van der Waals surface area contributed by atoms with Crippen molar-refractivity contribution in [1.29, 1.82) is 0 Å². The third kappa shape index (κ3) is 4.62. The summed E-state index contributed by atoms with van der Waals surface area (Å²) < 4.78 is 18.7. The van der Waals surface area contributed by atoms with Gasteiger partial charge in [0.15, 0.2) is 0 Å². The maximum Gasteiger partial charge on any atom is 0.334 e. The number of ether oxygens (including phenoxy) is 3. The number of quaternary nitrogens is 1. The normalized spacial score (nSPS) is 40.3. The van der Waals surface area contributed by atoms with Crippen molar-refractivity contribution in [1.82, 2.24) is 0 Å². The molecular formula is C25H41N2O5+. The summed E-state index contributed by atoms with van der Waals surface area (Å²) in [6, 6.07) is 0. The summed E-state index contributed by atoms with van der Waals surface area (Å²) in [6.45, 7) is 8.67. The van der Waals surface area contributed by atoms with Crippen molar-refractivity contribution >= 4 is 11.9 Å². The van der Waals surface area contributed by atoms with Gasteiger partial charge in [-0.25, -0.2) is 4.79 Å². The Kier molecular flexibility index (Phi) is 6.72. The van der Waals surface area contributed by atoms with Gasteiger partial charge in [0.25, 0.3) is 0 Å². The van der Waals surface area contributed by atoms with Gasteiger partial charge < -0.3 is 19.5 Å². The molecular weight excluding hydrogens is 408 g/mol. The Morgan fingerprint density at radius 2 is 2.03 bits per heavy atom. The van der Waals surface area contributed by atoms with E-state index in [1.165, 1.54) is 0 Å². The zero-order chi connectivity index (χ0) is 23.1. The largest absolute Gasteiger partial charge is 0.462 e. The Balaban J connectivity index is 1.58. The number of carbonyl (C=O) groups excluding carboxylic acids is 2. The van der Waals surface area contributed by atoms with Gasteiger partial charge in [-0.05, 0) is 77.6 Å². The summed E-state index contributed by atoms with van der Waals surface area (Å²) in [5.41, 5.74) is 5.53. The van der Waals surface area contributed by atoms with Gasteiger partial charge in [0.05, 0.1) is 12.6 Å². The van der Waals surface area contributed by atoms with Gasteiger partial charge in [0.1, 0.15) is 23.5 Å². The van der Waals surface area contributed by atoms with E-state index in [9.17, 15) is 9.59 Å². The van der Waals surface area contributed by atoms with Crippen LogP contribution in [-0.2, 0) is 23.8 Å².